The number of piperidine rings is 1. The lowest BCUT2D eigenvalue weighted by atomic mass is 9.89. The van der Waals surface area contributed by atoms with Gasteiger partial charge in [-0.2, -0.15) is 0 Å². The molecule has 0 aromatic heterocycles. The van der Waals surface area contributed by atoms with E-state index in [0.29, 0.717) is 12.5 Å². The maximum absolute atomic E-state index is 10.5. The molecule has 3 aromatic carbocycles. The Labute approximate surface area is 196 Å². The van der Waals surface area contributed by atoms with Crippen LogP contribution in [0.5, 0.6) is 17.2 Å². The second-order valence-electron chi connectivity index (χ2n) is 8.93. The molecule has 0 radical (unpaired) electrons. The highest BCUT2D eigenvalue weighted by molar-refractivity contribution is 5.55. The molecule has 33 heavy (non-hydrogen) atoms. The number of aliphatic hydroxyl groups is 1. The quantitative estimate of drug-likeness (QED) is 0.460. The van der Waals surface area contributed by atoms with Crippen molar-refractivity contribution >= 4 is 5.69 Å². The first-order chi connectivity index (χ1) is 16.0. The van der Waals surface area contributed by atoms with Crippen LogP contribution in [0.15, 0.2) is 66.7 Å². The summed E-state index contributed by atoms with van der Waals surface area (Å²) in [5, 5.41) is 10.5. The minimum atomic E-state index is -0.520. The number of nitrogens with two attached hydrogens (primary N) is 1. The number of hydrogen-bond acceptors (Lipinski definition) is 5. The molecule has 1 unspecified atom stereocenters. The molecule has 0 spiro atoms. The fourth-order valence-electron chi connectivity index (χ4n) is 4.39. The van der Waals surface area contributed by atoms with Crippen molar-refractivity contribution in [1.29, 1.82) is 0 Å². The summed E-state index contributed by atoms with van der Waals surface area (Å²) < 4.78 is 11.8. The molecular formula is C28H34N2O3. The Kier molecular flexibility index (Phi) is 7.53. The largest absolute Gasteiger partial charge is 0.491 e. The first kappa shape index (κ1) is 23.1. The van der Waals surface area contributed by atoms with E-state index < -0.39 is 6.10 Å². The molecule has 3 N–H and O–H groups in total. The highest BCUT2D eigenvalue weighted by Crippen LogP contribution is 2.30. The second-order valence-corrected chi connectivity index (χ2v) is 8.93. The number of nitrogens with zero attached hydrogens (tertiary/aromatic N) is 1. The Morgan fingerprint density at radius 1 is 0.909 bits per heavy atom. The molecule has 1 heterocycles. The van der Waals surface area contributed by atoms with Crippen LogP contribution in [0.25, 0.3) is 0 Å². The minimum absolute atomic E-state index is 0.285. The average molecular weight is 447 g/mol. The summed E-state index contributed by atoms with van der Waals surface area (Å²) in [6.07, 6.45) is 1.65. The van der Waals surface area contributed by atoms with Crippen molar-refractivity contribution in [1.82, 2.24) is 4.90 Å². The number of aliphatic hydroxyl groups excluding tert-OH is 1. The first-order valence-corrected chi connectivity index (χ1v) is 11.7. The molecule has 0 amide bonds. The van der Waals surface area contributed by atoms with Gasteiger partial charge in [0.2, 0.25) is 0 Å². The van der Waals surface area contributed by atoms with Gasteiger partial charge in [-0.25, -0.2) is 0 Å². The molecular weight excluding hydrogens is 412 g/mol. The number of benzene rings is 3. The van der Waals surface area contributed by atoms with Crippen LogP contribution < -0.4 is 15.2 Å². The maximum atomic E-state index is 10.5. The van der Waals surface area contributed by atoms with E-state index in [4.69, 9.17) is 15.2 Å². The van der Waals surface area contributed by atoms with Crippen LogP contribution in [-0.2, 0) is 0 Å². The van der Waals surface area contributed by atoms with E-state index in [1.165, 1.54) is 5.56 Å². The van der Waals surface area contributed by atoms with E-state index in [-0.39, 0.29) is 6.61 Å². The molecule has 1 aliphatic heterocycles. The van der Waals surface area contributed by atoms with E-state index in [1.807, 2.05) is 56.3 Å². The fourth-order valence-corrected chi connectivity index (χ4v) is 4.39. The van der Waals surface area contributed by atoms with Crippen molar-refractivity contribution in [3.63, 3.8) is 0 Å². The number of hydrogen-bond donors (Lipinski definition) is 2. The van der Waals surface area contributed by atoms with Gasteiger partial charge in [0.05, 0.1) is 0 Å². The van der Waals surface area contributed by atoms with Gasteiger partial charge in [0.1, 0.15) is 30.0 Å². The predicted molar refractivity (Wildman–Crippen MR) is 133 cm³/mol. The third kappa shape index (κ3) is 6.06. The van der Waals surface area contributed by atoms with E-state index >= 15 is 0 Å². The third-order valence-electron chi connectivity index (χ3n) is 6.60. The van der Waals surface area contributed by atoms with Crippen molar-refractivity contribution in [2.24, 2.45) is 0 Å². The van der Waals surface area contributed by atoms with Gasteiger partial charge in [-0.3, -0.25) is 0 Å². The topological polar surface area (TPSA) is 68.0 Å². The third-order valence-corrected chi connectivity index (χ3v) is 6.60. The van der Waals surface area contributed by atoms with Crippen molar-refractivity contribution < 1.29 is 14.6 Å². The van der Waals surface area contributed by atoms with Crippen LogP contribution in [0.4, 0.5) is 5.69 Å². The molecule has 5 heteroatoms. The summed E-state index contributed by atoms with van der Waals surface area (Å²) in [6.45, 7) is 6.85. The summed E-state index contributed by atoms with van der Waals surface area (Å²) in [7, 11) is 0. The number of ether oxygens (including phenoxy) is 2. The molecule has 174 valence electrons. The van der Waals surface area contributed by atoms with E-state index in [2.05, 4.69) is 29.2 Å². The number of rotatable bonds is 8. The second kappa shape index (κ2) is 10.7. The number of para-hydroxylation sites is 1. The zero-order chi connectivity index (χ0) is 23.2. The van der Waals surface area contributed by atoms with Crippen LogP contribution in [0.1, 0.15) is 35.4 Å². The van der Waals surface area contributed by atoms with Crippen LogP contribution in [0.2, 0.25) is 0 Å². The van der Waals surface area contributed by atoms with Crippen molar-refractivity contribution in [3.05, 3.63) is 83.4 Å². The maximum Gasteiger partial charge on any atom is 0.127 e. The Bertz CT molecular complexity index is 1030. The summed E-state index contributed by atoms with van der Waals surface area (Å²) in [6, 6.07) is 22.0. The van der Waals surface area contributed by atoms with Crippen molar-refractivity contribution in [2.75, 3.05) is 32.0 Å². The fraction of sp³-hybridized carbons (Fsp3) is 0.357. The molecule has 1 fully saturated rings. The molecule has 1 saturated heterocycles. The van der Waals surface area contributed by atoms with Gasteiger partial charge in [-0.05, 0) is 98.8 Å². The van der Waals surface area contributed by atoms with Crippen molar-refractivity contribution in [2.45, 2.75) is 38.7 Å². The lowest BCUT2D eigenvalue weighted by molar-refractivity contribution is 0.0592. The van der Waals surface area contributed by atoms with Gasteiger partial charge in [0.25, 0.3) is 0 Å². The normalized spacial score (nSPS) is 15.8. The summed E-state index contributed by atoms with van der Waals surface area (Å²) in [5.74, 6) is 3.04. The first-order valence-electron chi connectivity index (χ1n) is 11.7. The molecule has 5 nitrogen and oxygen atoms in total. The Balaban J connectivity index is 1.22. The van der Waals surface area contributed by atoms with Crippen LogP contribution in [0.3, 0.4) is 0 Å². The molecule has 0 saturated carbocycles. The van der Waals surface area contributed by atoms with Crippen LogP contribution in [-0.4, -0.2) is 42.4 Å². The zero-order valence-electron chi connectivity index (χ0n) is 19.5. The summed E-state index contributed by atoms with van der Waals surface area (Å²) in [5.41, 5.74) is 10.1. The molecule has 0 bridgehead atoms. The highest BCUT2D eigenvalue weighted by Gasteiger charge is 2.22. The zero-order valence-corrected chi connectivity index (χ0v) is 19.5. The average Bonchev–Trinajstić information content (AvgIpc) is 2.84. The molecule has 0 aliphatic carbocycles. The number of β-amino-alcohol motifs (C(OH)–C–C–N with tert-alkyl or cyclic N) is 1. The van der Waals surface area contributed by atoms with Gasteiger partial charge >= 0.3 is 0 Å². The van der Waals surface area contributed by atoms with E-state index in [9.17, 15) is 5.11 Å². The highest BCUT2D eigenvalue weighted by atomic mass is 16.5. The van der Waals surface area contributed by atoms with Gasteiger partial charge in [0.15, 0.2) is 0 Å². The number of nitrogen functional groups attached to an aromatic ring is 1. The summed E-state index contributed by atoms with van der Waals surface area (Å²) in [4.78, 5) is 2.33. The van der Waals surface area contributed by atoms with E-state index in [1.54, 1.807) is 0 Å². The minimum Gasteiger partial charge on any atom is -0.491 e. The number of anilines is 1. The predicted octanol–water partition coefficient (Wildman–Crippen LogP) is 5.30. The van der Waals surface area contributed by atoms with Gasteiger partial charge in [-0.1, -0.05) is 30.3 Å². The molecule has 1 atom stereocenters. The summed E-state index contributed by atoms with van der Waals surface area (Å²) >= 11 is 0. The Morgan fingerprint density at radius 3 is 2.27 bits per heavy atom. The van der Waals surface area contributed by atoms with E-state index in [0.717, 1.165) is 60.0 Å². The molecule has 4 rings (SSSR count). The lowest BCUT2D eigenvalue weighted by Gasteiger charge is -2.33. The van der Waals surface area contributed by atoms with Gasteiger partial charge in [0, 0.05) is 12.2 Å². The lowest BCUT2D eigenvalue weighted by Crippen LogP contribution is -2.40. The van der Waals surface area contributed by atoms with Crippen LogP contribution >= 0.6 is 0 Å². The molecule has 1 aliphatic rings. The monoisotopic (exact) mass is 446 g/mol. The Hall–Kier alpha value is -3.02. The van der Waals surface area contributed by atoms with Crippen LogP contribution in [0, 0.1) is 13.8 Å². The standard InChI is InChI=1S/C28H34N2O3/c1-20-21(2)28(13-12-27(20)29)32-19-24(31)18-30-16-14-23(15-17-30)22-8-10-26(11-9-22)33-25-6-4-3-5-7-25/h3-13,23-24,31H,14-19,29H2,1-2H3. The SMILES string of the molecule is Cc1c(N)ccc(OCC(O)CN2CCC(c3ccc(Oc4ccccc4)cc3)CC2)c1C. The number of likely N-dealkylation sites (tertiary alicyclic amines) is 1. The Morgan fingerprint density at radius 2 is 1.58 bits per heavy atom. The molecule has 3 aromatic rings. The van der Waals surface area contributed by atoms with Crippen molar-refractivity contribution in [3.8, 4) is 17.2 Å². The van der Waals surface area contributed by atoms with Gasteiger partial charge in [-0.15, -0.1) is 0 Å². The van der Waals surface area contributed by atoms with Gasteiger partial charge < -0.3 is 25.2 Å². The smallest absolute Gasteiger partial charge is 0.127 e.